The molecule has 0 saturated heterocycles. The molecule has 6 heteroatoms. The number of para-hydroxylation sites is 2. The van der Waals surface area contributed by atoms with Crippen molar-refractivity contribution in [1.29, 1.82) is 0 Å². The second kappa shape index (κ2) is 8.13. The number of carbonyl (C=O) groups is 1. The molecule has 2 heterocycles. The number of rotatable bonds is 4. The van der Waals surface area contributed by atoms with E-state index in [0.717, 1.165) is 30.2 Å². The minimum absolute atomic E-state index is 0.0539. The number of anilines is 2. The summed E-state index contributed by atoms with van der Waals surface area (Å²) < 4.78 is 5.93. The number of aromatic nitrogens is 2. The molecule has 0 atom stereocenters. The minimum atomic E-state index is -0.300. The third-order valence-corrected chi connectivity index (χ3v) is 6.58. The molecule has 0 bridgehead atoms. The van der Waals surface area contributed by atoms with Crippen LogP contribution in [0.3, 0.4) is 0 Å². The van der Waals surface area contributed by atoms with Crippen molar-refractivity contribution in [3.8, 4) is 11.1 Å². The van der Waals surface area contributed by atoms with Crippen LogP contribution < -0.4 is 9.80 Å². The van der Waals surface area contributed by atoms with E-state index in [1.807, 2.05) is 24.4 Å². The summed E-state index contributed by atoms with van der Waals surface area (Å²) in [4.78, 5) is 24.5. The summed E-state index contributed by atoms with van der Waals surface area (Å²) in [5, 5.41) is 0. The SMILES string of the molecule is O=C(OCC1c2ccccc2-c2ccccc21)N1CCN(Cc2cnc[nH]2)c2ccccc21. The zero-order valence-electron chi connectivity index (χ0n) is 18.1. The fourth-order valence-corrected chi connectivity index (χ4v) is 5.02. The first-order chi connectivity index (χ1) is 16.3. The van der Waals surface area contributed by atoms with Gasteiger partial charge in [-0.2, -0.15) is 0 Å². The smallest absolute Gasteiger partial charge is 0.414 e. The monoisotopic (exact) mass is 436 g/mol. The molecule has 1 amide bonds. The molecule has 1 aliphatic heterocycles. The summed E-state index contributed by atoms with van der Waals surface area (Å²) in [5.41, 5.74) is 7.83. The van der Waals surface area contributed by atoms with Gasteiger partial charge in [0.2, 0.25) is 0 Å². The van der Waals surface area contributed by atoms with Crippen molar-refractivity contribution in [3.05, 3.63) is 102 Å². The van der Waals surface area contributed by atoms with Crippen molar-refractivity contribution >= 4 is 17.5 Å². The summed E-state index contributed by atoms with van der Waals surface area (Å²) in [5.74, 6) is 0.0539. The Hall–Kier alpha value is -4.06. The van der Waals surface area contributed by atoms with Gasteiger partial charge in [-0.15, -0.1) is 0 Å². The molecule has 1 N–H and O–H groups in total. The molecule has 0 radical (unpaired) electrons. The van der Waals surface area contributed by atoms with Gasteiger partial charge in [0.15, 0.2) is 0 Å². The predicted molar refractivity (Wildman–Crippen MR) is 128 cm³/mol. The van der Waals surface area contributed by atoms with Gasteiger partial charge in [-0.05, 0) is 34.4 Å². The van der Waals surface area contributed by atoms with Crippen LogP contribution in [0, 0.1) is 0 Å². The lowest BCUT2D eigenvalue weighted by molar-refractivity contribution is 0.150. The maximum Gasteiger partial charge on any atom is 0.414 e. The average molecular weight is 437 g/mol. The van der Waals surface area contributed by atoms with Gasteiger partial charge in [0.05, 0.1) is 29.9 Å². The molecule has 2 aliphatic rings. The Kier molecular flexibility index (Phi) is 4.83. The highest BCUT2D eigenvalue weighted by Crippen LogP contribution is 2.44. The van der Waals surface area contributed by atoms with Crippen LogP contribution in [0.4, 0.5) is 16.2 Å². The van der Waals surface area contributed by atoms with Gasteiger partial charge in [-0.3, -0.25) is 4.90 Å². The molecule has 1 aliphatic carbocycles. The normalized spacial score (nSPS) is 14.5. The first-order valence-corrected chi connectivity index (χ1v) is 11.2. The number of nitrogens with one attached hydrogen (secondary N) is 1. The molecule has 0 fully saturated rings. The van der Waals surface area contributed by atoms with Crippen molar-refractivity contribution < 1.29 is 9.53 Å². The van der Waals surface area contributed by atoms with E-state index in [9.17, 15) is 4.79 Å². The van der Waals surface area contributed by atoms with E-state index in [4.69, 9.17) is 4.74 Å². The van der Waals surface area contributed by atoms with Gasteiger partial charge in [0.1, 0.15) is 6.61 Å². The van der Waals surface area contributed by atoms with Gasteiger partial charge in [0, 0.05) is 25.2 Å². The van der Waals surface area contributed by atoms with Crippen LogP contribution in [0.5, 0.6) is 0 Å². The molecule has 6 rings (SSSR count). The van der Waals surface area contributed by atoms with Crippen LogP contribution in [0.25, 0.3) is 11.1 Å². The topological polar surface area (TPSA) is 61.5 Å². The molecular weight excluding hydrogens is 412 g/mol. The van der Waals surface area contributed by atoms with Crippen LogP contribution >= 0.6 is 0 Å². The number of aromatic amines is 1. The van der Waals surface area contributed by atoms with E-state index >= 15 is 0 Å². The van der Waals surface area contributed by atoms with Crippen molar-refractivity contribution in [2.24, 2.45) is 0 Å². The largest absolute Gasteiger partial charge is 0.448 e. The minimum Gasteiger partial charge on any atom is -0.448 e. The molecular formula is C27H24N4O2. The third-order valence-electron chi connectivity index (χ3n) is 6.58. The molecule has 1 aromatic heterocycles. The number of carbonyl (C=O) groups excluding carboxylic acids is 1. The molecule has 0 saturated carbocycles. The maximum atomic E-state index is 13.2. The van der Waals surface area contributed by atoms with Gasteiger partial charge < -0.3 is 14.6 Å². The highest BCUT2D eigenvalue weighted by molar-refractivity contribution is 5.93. The number of imidazole rings is 1. The zero-order chi connectivity index (χ0) is 22.2. The lowest BCUT2D eigenvalue weighted by Crippen LogP contribution is -2.44. The van der Waals surface area contributed by atoms with Crippen LogP contribution in [0.2, 0.25) is 0 Å². The van der Waals surface area contributed by atoms with Crippen molar-refractivity contribution in [1.82, 2.24) is 9.97 Å². The van der Waals surface area contributed by atoms with E-state index in [1.54, 1.807) is 11.2 Å². The predicted octanol–water partition coefficient (Wildman–Crippen LogP) is 5.19. The van der Waals surface area contributed by atoms with Crippen molar-refractivity contribution in [2.45, 2.75) is 12.5 Å². The Bertz CT molecular complexity index is 1260. The average Bonchev–Trinajstić information content (AvgIpc) is 3.49. The van der Waals surface area contributed by atoms with Crippen LogP contribution in [-0.4, -0.2) is 35.8 Å². The number of benzene rings is 3. The highest BCUT2D eigenvalue weighted by Gasteiger charge is 2.32. The first kappa shape index (κ1) is 19.6. The Morgan fingerprint density at radius 2 is 1.58 bits per heavy atom. The fourth-order valence-electron chi connectivity index (χ4n) is 5.02. The molecule has 0 unspecified atom stereocenters. The Labute approximate surface area is 192 Å². The van der Waals surface area contributed by atoms with Gasteiger partial charge in [-0.25, -0.2) is 9.78 Å². The number of ether oxygens (including phenoxy) is 1. The van der Waals surface area contributed by atoms with E-state index in [1.165, 1.54) is 22.3 Å². The molecule has 6 nitrogen and oxygen atoms in total. The molecule has 33 heavy (non-hydrogen) atoms. The van der Waals surface area contributed by atoms with E-state index in [2.05, 4.69) is 69.5 Å². The van der Waals surface area contributed by atoms with Crippen molar-refractivity contribution in [2.75, 3.05) is 29.5 Å². The van der Waals surface area contributed by atoms with E-state index in [0.29, 0.717) is 13.2 Å². The number of hydrogen-bond donors (Lipinski definition) is 1. The summed E-state index contributed by atoms with van der Waals surface area (Å²) in [6.45, 7) is 2.33. The first-order valence-electron chi connectivity index (χ1n) is 11.2. The van der Waals surface area contributed by atoms with Crippen LogP contribution in [0.1, 0.15) is 22.7 Å². The summed E-state index contributed by atoms with van der Waals surface area (Å²) >= 11 is 0. The molecule has 0 spiro atoms. The highest BCUT2D eigenvalue weighted by atomic mass is 16.6. The number of amides is 1. The zero-order valence-corrected chi connectivity index (χ0v) is 18.1. The molecule has 3 aromatic carbocycles. The van der Waals surface area contributed by atoms with Crippen LogP contribution in [-0.2, 0) is 11.3 Å². The van der Waals surface area contributed by atoms with E-state index < -0.39 is 0 Å². The Morgan fingerprint density at radius 1 is 0.909 bits per heavy atom. The van der Waals surface area contributed by atoms with Crippen molar-refractivity contribution in [3.63, 3.8) is 0 Å². The van der Waals surface area contributed by atoms with E-state index in [-0.39, 0.29) is 12.0 Å². The second-order valence-corrected chi connectivity index (χ2v) is 8.44. The number of fused-ring (bicyclic) bond motifs is 4. The van der Waals surface area contributed by atoms with Gasteiger partial charge >= 0.3 is 6.09 Å². The molecule has 164 valence electrons. The third kappa shape index (κ3) is 3.44. The fraction of sp³-hybridized carbons (Fsp3) is 0.185. The summed E-state index contributed by atoms with van der Waals surface area (Å²) in [6, 6.07) is 24.8. The quantitative estimate of drug-likeness (QED) is 0.479. The maximum absolute atomic E-state index is 13.2. The van der Waals surface area contributed by atoms with Gasteiger partial charge in [0.25, 0.3) is 0 Å². The second-order valence-electron chi connectivity index (χ2n) is 8.44. The van der Waals surface area contributed by atoms with Crippen LogP contribution in [0.15, 0.2) is 85.3 Å². The Morgan fingerprint density at radius 3 is 2.27 bits per heavy atom. The lowest BCUT2D eigenvalue weighted by Gasteiger charge is -2.37. The number of hydrogen-bond acceptors (Lipinski definition) is 4. The lowest BCUT2D eigenvalue weighted by atomic mass is 9.98. The number of H-pyrrole nitrogens is 1. The Balaban J connectivity index is 1.22. The van der Waals surface area contributed by atoms with Gasteiger partial charge in [-0.1, -0.05) is 60.7 Å². The standard InChI is InChI=1S/C27H24N4O2/c32-27(33-17-24-22-9-3-1-7-20(22)21-8-2-4-10-23(21)24)31-14-13-30(16-19-15-28-18-29-19)25-11-5-6-12-26(25)31/h1-12,15,18,24H,13-14,16-17H2,(H,28,29). The summed E-state index contributed by atoms with van der Waals surface area (Å²) in [7, 11) is 0. The number of nitrogens with zero attached hydrogens (tertiary/aromatic N) is 3. The summed E-state index contributed by atoms with van der Waals surface area (Å²) in [6.07, 6.45) is 3.22. The molecule has 4 aromatic rings.